The molecule has 0 aliphatic carbocycles. The maximum absolute atomic E-state index is 12.2. The molecule has 1 aromatic heterocycles. The Morgan fingerprint density at radius 1 is 1.43 bits per heavy atom. The largest absolute Gasteiger partial charge is 0.464 e. The molecule has 0 saturated carbocycles. The molecule has 1 saturated heterocycles. The summed E-state index contributed by atoms with van der Waals surface area (Å²) in [4.78, 5) is 23.4. The quantitative estimate of drug-likeness (QED) is 0.798. The number of carbonyl (C=O) groups is 1. The van der Waals surface area contributed by atoms with Gasteiger partial charge in [-0.05, 0) is 45.1 Å². The number of nitrogens with zero attached hydrogens (tertiary/aromatic N) is 3. The van der Waals surface area contributed by atoms with Crippen molar-refractivity contribution in [1.82, 2.24) is 9.97 Å². The Kier molecular flexibility index (Phi) is 5.15. The van der Waals surface area contributed by atoms with Crippen LogP contribution in [0, 0.1) is 6.92 Å². The summed E-state index contributed by atoms with van der Waals surface area (Å²) >= 11 is 0. The molecule has 1 aromatic rings. The van der Waals surface area contributed by atoms with E-state index in [-0.39, 0.29) is 12.0 Å². The number of aryl methyl sites for hydroxylation is 1. The maximum atomic E-state index is 12.2. The summed E-state index contributed by atoms with van der Waals surface area (Å²) < 4.78 is 5.20. The average molecular weight is 291 g/mol. The van der Waals surface area contributed by atoms with Crippen LogP contribution >= 0.6 is 0 Å². The summed E-state index contributed by atoms with van der Waals surface area (Å²) in [6, 6.07) is 1.76. The third-order valence-corrected chi connectivity index (χ3v) is 3.77. The van der Waals surface area contributed by atoms with Gasteiger partial charge in [-0.25, -0.2) is 14.8 Å². The lowest BCUT2D eigenvalue weighted by molar-refractivity contribution is -0.145. The number of hydrogen-bond donors (Lipinski definition) is 0. The smallest absolute Gasteiger partial charge is 0.328 e. The Hall–Kier alpha value is -1.65. The van der Waals surface area contributed by atoms with E-state index in [0.29, 0.717) is 18.5 Å². The molecule has 2 rings (SSSR count). The molecule has 1 unspecified atom stereocenters. The minimum atomic E-state index is -0.250. The first-order valence-corrected chi connectivity index (χ1v) is 7.81. The minimum Gasteiger partial charge on any atom is -0.464 e. The molecule has 1 fully saturated rings. The second kappa shape index (κ2) is 6.87. The van der Waals surface area contributed by atoms with Gasteiger partial charge in [-0.2, -0.15) is 0 Å². The fourth-order valence-corrected chi connectivity index (χ4v) is 2.66. The highest BCUT2D eigenvalue weighted by Gasteiger charge is 2.31. The van der Waals surface area contributed by atoms with Gasteiger partial charge in [-0.3, -0.25) is 0 Å². The number of aromatic nitrogens is 2. The number of rotatable bonds is 4. The molecule has 0 radical (unpaired) electrons. The van der Waals surface area contributed by atoms with Crippen LogP contribution in [0.25, 0.3) is 0 Å². The van der Waals surface area contributed by atoms with Crippen molar-refractivity contribution in [3.8, 4) is 0 Å². The van der Waals surface area contributed by atoms with Gasteiger partial charge in [0.25, 0.3) is 0 Å². The van der Waals surface area contributed by atoms with Gasteiger partial charge in [-0.1, -0.05) is 13.8 Å². The summed E-state index contributed by atoms with van der Waals surface area (Å²) in [5.74, 6) is 0.848. The van der Waals surface area contributed by atoms with Gasteiger partial charge in [0.1, 0.15) is 6.04 Å². The van der Waals surface area contributed by atoms with E-state index in [1.54, 1.807) is 0 Å². The van der Waals surface area contributed by atoms with Gasteiger partial charge >= 0.3 is 5.97 Å². The monoisotopic (exact) mass is 291 g/mol. The first kappa shape index (κ1) is 15.7. The predicted octanol–water partition coefficient (Wildman–Crippen LogP) is 2.83. The topological polar surface area (TPSA) is 55.3 Å². The van der Waals surface area contributed by atoms with Crippen molar-refractivity contribution in [1.29, 1.82) is 0 Å². The van der Waals surface area contributed by atoms with Gasteiger partial charge in [-0.15, -0.1) is 0 Å². The third kappa shape index (κ3) is 3.71. The Balaban J connectivity index is 2.30. The molecule has 116 valence electrons. The zero-order chi connectivity index (χ0) is 15.4. The molecule has 5 heteroatoms. The molecule has 21 heavy (non-hydrogen) atoms. The molecule has 5 nitrogen and oxygen atoms in total. The highest BCUT2D eigenvalue weighted by Crippen LogP contribution is 2.24. The maximum Gasteiger partial charge on any atom is 0.328 e. The molecule has 1 aliphatic rings. The number of esters is 1. The molecule has 2 heterocycles. The zero-order valence-electron chi connectivity index (χ0n) is 13.4. The number of piperidine rings is 1. The average Bonchev–Trinajstić information content (AvgIpc) is 2.46. The highest BCUT2D eigenvalue weighted by molar-refractivity contribution is 5.79. The summed E-state index contributed by atoms with van der Waals surface area (Å²) in [7, 11) is 0. The standard InChI is InChI=1S/C16H25N3O2/c1-5-21-15(20)14-8-6-7-9-19(14)16-17-12(4)10-13(18-16)11(2)3/h10-11,14H,5-9H2,1-4H3. The predicted molar refractivity (Wildman–Crippen MR) is 82.5 cm³/mol. The van der Waals surface area contributed by atoms with Crippen molar-refractivity contribution in [2.75, 3.05) is 18.1 Å². The molecule has 0 amide bonds. The van der Waals surface area contributed by atoms with Gasteiger partial charge in [0, 0.05) is 17.9 Å². The molecule has 0 N–H and O–H groups in total. The van der Waals surface area contributed by atoms with Gasteiger partial charge < -0.3 is 9.64 Å². The van der Waals surface area contributed by atoms with Crippen LogP contribution in [0.15, 0.2) is 6.07 Å². The van der Waals surface area contributed by atoms with Crippen LogP contribution in [0.3, 0.4) is 0 Å². The van der Waals surface area contributed by atoms with Crippen molar-refractivity contribution < 1.29 is 9.53 Å². The first-order valence-electron chi connectivity index (χ1n) is 7.81. The van der Waals surface area contributed by atoms with E-state index >= 15 is 0 Å². The van der Waals surface area contributed by atoms with Crippen molar-refractivity contribution in [2.24, 2.45) is 0 Å². The molecule has 1 aliphatic heterocycles. The van der Waals surface area contributed by atoms with E-state index in [2.05, 4.69) is 23.8 Å². The van der Waals surface area contributed by atoms with Crippen molar-refractivity contribution >= 4 is 11.9 Å². The SMILES string of the molecule is CCOC(=O)C1CCCCN1c1nc(C)cc(C(C)C)n1. The summed E-state index contributed by atoms with van der Waals surface area (Å²) in [5.41, 5.74) is 1.96. The molecular formula is C16H25N3O2. The fourth-order valence-electron chi connectivity index (χ4n) is 2.66. The normalized spacial score (nSPS) is 18.9. The second-order valence-electron chi connectivity index (χ2n) is 5.85. The van der Waals surface area contributed by atoms with Crippen LogP contribution in [0.5, 0.6) is 0 Å². The number of ether oxygens (including phenoxy) is 1. The molecule has 0 bridgehead atoms. The van der Waals surface area contributed by atoms with Crippen LogP contribution in [0.2, 0.25) is 0 Å². The van der Waals surface area contributed by atoms with Crippen molar-refractivity contribution in [3.63, 3.8) is 0 Å². The van der Waals surface area contributed by atoms with Crippen LogP contribution in [0.1, 0.15) is 57.3 Å². The first-order chi connectivity index (χ1) is 10.0. The number of hydrogen-bond acceptors (Lipinski definition) is 5. The minimum absolute atomic E-state index is 0.159. The van der Waals surface area contributed by atoms with Crippen molar-refractivity contribution in [3.05, 3.63) is 17.5 Å². The summed E-state index contributed by atoms with van der Waals surface area (Å²) in [5, 5.41) is 0. The lowest BCUT2D eigenvalue weighted by Gasteiger charge is -2.34. The fraction of sp³-hybridized carbons (Fsp3) is 0.688. The van der Waals surface area contributed by atoms with Gasteiger partial charge in [0.05, 0.1) is 6.61 Å². The van der Waals surface area contributed by atoms with Gasteiger partial charge in [0.2, 0.25) is 5.95 Å². The highest BCUT2D eigenvalue weighted by atomic mass is 16.5. The Morgan fingerprint density at radius 3 is 2.86 bits per heavy atom. The van der Waals surface area contributed by atoms with Crippen molar-refractivity contribution in [2.45, 2.75) is 58.9 Å². The summed E-state index contributed by atoms with van der Waals surface area (Å²) in [6.07, 6.45) is 2.92. The summed E-state index contributed by atoms with van der Waals surface area (Å²) in [6.45, 7) is 9.26. The molecule has 1 atom stereocenters. The zero-order valence-corrected chi connectivity index (χ0v) is 13.4. The van der Waals surface area contributed by atoms with Crippen LogP contribution in [-0.2, 0) is 9.53 Å². The number of carbonyl (C=O) groups excluding carboxylic acids is 1. The lowest BCUT2D eigenvalue weighted by Crippen LogP contribution is -2.46. The Labute approximate surface area is 126 Å². The molecule has 0 aromatic carbocycles. The van der Waals surface area contributed by atoms with E-state index in [0.717, 1.165) is 37.2 Å². The van der Waals surface area contributed by atoms with E-state index in [9.17, 15) is 4.79 Å². The van der Waals surface area contributed by atoms with E-state index in [4.69, 9.17) is 4.74 Å². The molecule has 0 spiro atoms. The van der Waals surface area contributed by atoms with Gasteiger partial charge in [0.15, 0.2) is 0 Å². The second-order valence-corrected chi connectivity index (χ2v) is 5.85. The van der Waals surface area contributed by atoms with Crippen LogP contribution in [-0.4, -0.2) is 35.1 Å². The van der Waals surface area contributed by atoms with E-state index in [1.165, 1.54) is 0 Å². The van der Waals surface area contributed by atoms with Crippen LogP contribution in [0.4, 0.5) is 5.95 Å². The van der Waals surface area contributed by atoms with E-state index in [1.807, 2.05) is 24.8 Å². The van der Waals surface area contributed by atoms with Crippen LogP contribution < -0.4 is 4.90 Å². The van der Waals surface area contributed by atoms with E-state index < -0.39 is 0 Å². The number of anilines is 1. The third-order valence-electron chi connectivity index (χ3n) is 3.77. The Bertz CT molecular complexity index is 502. The Morgan fingerprint density at radius 2 is 2.19 bits per heavy atom. The molecular weight excluding hydrogens is 266 g/mol. The lowest BCUT2D eigenvalue weighted by atomic mass is 10.0.